The molecule has 0 saturated heterocycles. The average molecular weight is 322 g/mol. The summed E-state index contributed by atoms with van der Waals surface area (Å²) >= 11 is 3.35. The van der Waals surface area contributed by atoms with E-state index in [1.54, 1.807) is 6.20 Å². The highest BCUT2D eigenvalue weighted by molar-refractivity contribution is 9.10. The minimum absolute atomic E-state index is 0.0144. The topological polar surface area (TPSA) is 47.0 Å². The van der Waals surface area contributed by atoms with Crippen molar-refractivity contribution in [3.63, 3.8) is 0 Å². The quantitative estimate of drug-likeness (QED) is 0.905. The fourth-order valence-corrected chi connectivity index (χ4v) is 2.00. The predicted molar refractivity (Wildman–Crippen MR) is 80.7 cm³/mol. The number of hydrogen-bond acceptors (Lipinski definition) is 4. The SMILES string of the molecule is CNc1ncc(Br)nc1C1=CCC=CC=CC(C)O1. The van der Waals surface area contributed by atoms with Gasteiger partial charge in [-0.2, -0.15) is 0 Å². The molecule has 19 heavy (non-hydrogen) atoms. The molecule has 0 aromatic carbocycles. The van der Waals surface area contributed by atoms with Crippen molar-refractivity contribution in [3.8, 4) is 0 Å². The van der Waals surface area contributed by atoms with E-state index in [1.165, 1.54) is 0 Å². The third kappa shape index (κ3) is 3.67. The van der Waals surface area contributed by atoms with Crippen molar-refractivity contribution >= 4 is 27.5 Å². The molecule has 1 aromatic heterocycles. The Morgan fingerprint density at radius 1 is 1.42 bits per heavy atom. The maximum atomic E-state index is 5.93. The third-order valence-corrected chi connectivity index (χ3v) is 2.98. The molecule has 1 aromatic rings. The Bertz CT molecular complexity index is 537. The van der Waals surface area contributed by atoms with Crippen molar-refractivity contribution < 1.29 is 4.74 Å². The zero-order valence-electron chi connectivity index (χ0n) is 10.9. The monoisotopic (exact) mass is 321 g/mol. The van der Waals surface area contributed by atoms with E-state index in [0.29, 0.717) is 16.1 Å². The van der Waals surface area contributed by atoms with Gasteiger partial charge in [0, 0.05) is 7.05 Å². The molecular formula is C14H16BrN3O. The van der Waals surface area contributed by atoms with E-state index in [0.717, 1.165) is 12.2 Å². The lowest BCUT2D eigenvalue weighted by atomic mass is 10.2. The van der Waals surface area contributed by atoms with Gasteiger partial charge in [0.25, 0.3) is 0 Å². The maximum Gasteiger partial charge on any atom is 0.155 e. The van der Waals surface area contributed by atoms with Crippen LogP contribution < -0.4 is 5.32 Å². The van der Waals surface area contributed by atoms with Gasteiger partial charge in [0.1, 0.15) is 22.2 Å². The molecule has 1 aliphatic heterocycles. The van der Waals surface area contributed by atoms with E-state index in [1.807, 2.05) is 38.3 Å². The molecule has 0 saturated carbocycles. The largest absolute Gasteiger partial charge is 0.485 e. The highest BCUT2D eigenvalue weighted by atomic mass is 79.9. The lowest BCUT2D eigenvalue weighted by Gasteiger charge is -2.16. The Morgan fingerprint density at radius 3 is 3.05 bits per heavy atom. The Morgan fingerprint density at radius 2 is 2.26 bits per heavy atom. The Labute approximate surface area is 121 Å². The molecule has 1 unspecified atom stereocenters. The number of hydrogen-bond donors (Lipinski definition) is 1. The number of halogens is 1. The highest BCUT2D eigenvalue weighted by Crippen LogP contribution is 2.25. The van der Waals surface area contributed by atoms with Crippen LogP contribution in [0.4, 0.5) is 5.82 Å². The number of aromatic nitrogens is 2. The van der Waals surface area contributed by atoms with E-state index in [4.69, 9.17) is 4.74 Å². The molecule has 2 heterocycles. The van der Waals surface area contributed by atoms with Gasteiger partial charge in [-0.25, -0.2) is 9.97 Å². The van der Waals surface area contributed by atoms with Gasteiger partial charge in [0.15, 0.2) is 5.82 Å². The molecule has 1 aliphatic rings. The first-order valence-electron chi connectivity index (χ1n) is 6.11. The van der Waals surface area contributed by atoms with Crippen molar-refractivity contribution in [3.05, 3.63) is 46.9 Å². The zero-order chi connectivity index (χ0) is 13.7. The summed E-state index contributed by atoms with van der Waals surface area (Å²) in [7, 11) is 1.82. The minimum Gasteiger partial charge on any atom is -0.485 e. The number of nitrogens with one attached hydrogen (secondary N) is 1. The van der Waals surface area contributed by atoms with Gasteiger partial charge in [-0.05, 0) is 41.4 Å². The second-order valence-corrected chi connectivity index (χ2v) is 4.89. The first kappa shape index (κ1) is 13.8. The predicted octanol–water partition coefficient (Wildman–Crippen LogP) is 3.54. The molecule has 0 aliphatic carbocycles. The van der Waals surface area contributed by atoms with E-state index in [-0.39, 0.29) is 6.10 Å². The molecule has 2 rings (SSSR count). The van der Waals surface area contributed by atoms with Gasteiger partial charge in [0.05, 0.1) is 6.20 Å². The van der Waals surface area contributed by atoms with E-state index >= 15 is 0 Å². The van der Waals surface area contributed by atoms with Crippen molar-refractivity contribution in [2.75, 3.05) is 12.4 Å². The lowest BCUT2D eigenvalue weighted by molar-refractivity contribution is 0.228. The Hall–Kier alpha value is -1.62. The summed E-state index contributed by atoms with van der Waals surface area (Å²) in [5.41, 5.74) is 0.715. The van der Waals surface area contributed by atoms with Crippen molar-refractivity contribution in [1.29, 1.82) is 0 Å². The molecule has 4 nitrogen and oxygen atoms in total. The van der Waals surface area contributed by atoms with Crippen molar-refractivity contribution in [2.24, 2.45) is 0 Å². The van der Waals surface area contributed by atoms with Crippen LogP contribution in [0.25, 0.3) is 5.76 Å². The smallest absolute Gasteiger partial charge is 0.155 e. The van der Waals surface area contributed by atoms with Gasteiger partial charge in [-0.1, -0.05) is 18.2 Å². The fourth-order valence-electron chi connectivity index (χ4n) is 1.72. The summed E-state index contributed by atoms with van der Waals surface area (Å²) in [6, 6.07) is 0. The van der Waals surface area contributed by atoms with E-state index < -0.39 is 0 Å². The van der Waals surface area contributed by atoms with Crippen LogP contribution in [-0.2, 0) is 4.74 Å². The second kappa shape index (κ2) is 6.52. The fraction of sp³-hybridized carbons (Fsp3) is 0.286. The van der Waals surface area contributed by atoms with Crippen LogP contribution in [0.3, 0.4) is 0 Å². The van der Waals surface area contributed by atoms with Crippen LogP contribution in [0.2, 0.25) is 0 Å². The summed E-state index contributed by atoms with van der Waals surface area (Å²) in [6.45, 7) is 1.99. The van der Waals surface area contributed by atoms with Crippen LogP contribution in [-0.4, -0.2) is 23.1 Å². The van der Waals surface area contributed by atoms with Gasteiger partial charge in [-0.3, -0.25) is 0 Å². The van der Waals surface area contributed by atoms with Crippen LogP contribution in [0, 0.1) is 0 Å². The van der Waals surface area contributed by atoms with Crippen LogP contribution >= 0.6 is 15.9 Å². The highest BCUT2D eigenvalue weighted by Gasteiger charge is 2.14. The molecule has 1 atom stereocenters. The van der Waals surface area contributed by atoms with Gasteiger partial charge in [0.2, 0.25) is 0 Å². The standard InChI is InChI=1S/C14H16BrN3O/c1-10-7-5-3-4-6-8-11(19-10)13-14(16-2)17-9-12(15)18-13/h3-5,7-10H,6H2,1-2H3,(H,16,17). The van der Waals surface area contributed by atoms with E-state index in [9.17, 15) is 0 Å². The van der Waals surface area contributed by atoms with Gasteiger partial charge in [-0.15, -0.1) is 0 Å². The number of ether oxygens (including phenoxy) is 1. The van der Waals surface area contributed by atoms with Gasteiger partial charge >= 0.3 is 0 Å². The first-order valence-corrected chi connectivity index (χ1v) is 6.91. The second-order valence-electron chi connectivity index (χ2n) is 4.08. The molecule has 0 amide bonds. The average Bonchev–Trinajstić information content (AvgIpc) is 2.50. The normalized spacial score (nSPS) is 18.9. The minimum atomic E-state index is -0.0144. The first-order chi connectivity index (χ1) is 9.20. The van der Waals surface area contributed by atoms with Crippen LogP contribution in [0.1, 0.15) is 19.0 Å². The molecule has 5 heteroatoms. The Kier molecular flexibility index (Phi) is 4.74. The van der Waals surface area contributed by atoms with Gasteiger partial charge < -0.3 is 10.1 Å². The number of nitrogens with zero attached hydrogens (tertiary/aromatic N) is 2. The van der Waals surface area contributed by atoms with Crippen LogP contribution in [0.5, 0.6) is 0 Å². The lowest BCUT2D eigenvalue weighted by Crippen LogP contribution is -2.08. The summed E-state index contributed by atoms with van der Waals surface area (Å²) in [4.78, 5) is 8.75. The molecule has 0 fully saturated rings. The van der Waals surface area contributed by atoms with Crippen molar-refractivity contribution in [2.45, 2.75) is 19.4 Å². The van der Waals surface area contributed by atoms with Crippen molar-refractivity contribution in [1.82, 2.24) is 9.97 Å². The number of anilines is 1. The number of rotatable bonds is 2. The summed E-state index contributed by atoms with van der Waals surface area (Å²) in [5, 5.41) is 3.04. The Balaban J connectivity index is 2.40. The molecule has 0 bridgehead atoms. The summed E-state index contributed by atoms with van der Waals surface area (Å²) in [5.74, 6) is 1.44. The summed E-state index contributed by atoms with van der Waals surface area (Å²) < 4.78 is 6.61. The molecule has 100 valence electrons. The molecule has 0 radical (unpaired) electrons. The molecule has 0 spiro atoms. The third-order valence-electron chi connectivity index (χ3n) is 2.59. The molecular weight excluding hydrogens is 306 g/mol. The van der Waals surface area contributed by atoms with Crippen LogP contribution in [0.15, 0.2) is 41.2 Å². The number of allylic oxidation sites excluding steroid dienone is 4. The zero-order valence-corrected chi connectivity index (χ0v) is 12.5. The molecule has 1 N–H and O–H groups in total. The van der Waals surface area contributed by atoms with E-state index in [2.05, 4.69) is 37.3 Å². The summed E-state index contributed by atoms with van der Waals surface area (Å²) in [6.07, 6.45) is 12.5. The maximum absolute atomic E-state index is 5.93.